The second kappa shape index (κ2) is 17.2. The van der Waals surface area contributed by atoms with E-state index >= 15 is 0 Å². The first-order valence-electron chi connectivity index (χ1n) is 22.2. The molecule has 0 bridgehead atoms. The number of piperidine rings is 2. The Morgan fingerprint density at radius 2 is 1.49 bits per heavy atom. The number of carbonyl (C=O) groups is 5. The van der Waals surface area contributed by atoms with Gasteiger partial charge < -0.3 is 25.0 Å². The van der Waals surface area contributed by atoms with E-state index < -0.39 is 23.8 Å². The zero-order valence-electron chi connectivity index (χ0n) is 35.1. The molecule has 1 atom stereocenters. The van der Waals surface area contributed by atoms with Gasteiger partial charge in [0.1, 0.15) is 12.4 Å². The van der Waals surface area contributed by atoms with Gasteiger partial charge in [0.05, 0.1) is 23.9 Å². The molecule has 1 unspecified atom stereocenters. The first-order valence-corrected chi connectivity index (χ1v) is 22.2. The third-order valence-corrected chi connectivity index (χ3v) is 13.6. The molecule has 5 aromatic rings. The summed E-state index contributed by atoms with van der Waals surface area (Å²) in [4.78, 5) is 85.2. The number of hydrogen-bond donors (Lipinski definition) is 3. The van der Waals surface area contributed by atoms with Gasteiger partial charge in [-0.2, -0.15) is 0 Å². The molecule has 324 valence electrons. The molecule has 63 heavy (non-hydrogen) atoms. The Bertz CT molecular complexity index is 2540. The second-order valence-corrected chi connectivity index (χ2v) is 17.5. The summed E-state index contributed by atoms with van der Waals surface area (Å²) in [6.45, 7) is 6.79. The fraction of sp³-hybridized carbons (Fsp3) is 0.404. The van der Waals surface area contributed by atoms with E-state index in [1.54, 1.807) is 18.5 Å². The lowest BCUT2D eigenvalue weighted by Gasteiger charge is -2.38. The molecule has 0 spiro atoms. The van der Waals surface area contributed by atoms with Crippen molar-refractivity contribution in [1.82, 2.24) is 40.0 Å². The van der Waals surface area contributed by atoms with Gasteiger partial charge in [-0.25, -0.2) is 15.0 Å². The van der Waals surface area contributed by atoms with E-state index in [9.17, 15) is 24.0 Å². The van der Waals surface area contributed by atoms with Gasteiger partial charge in [0, 0.05) is 74.8 Å². The van der Waals surface area contributed by atoms with Crippen molar-refractivity contribution in [2.45, 2.75) is 69.5 Å². The van der Waals surface area contributed by atoms with Crippen LogP contribution in [-0.4, -0.2) is 117 Å². The van der Waals surface area contributed by atoms with E-state index in [2.05, 4.69) is 74.4 Å². The molecule has 0 radical (unpaired) electrons. The summed E-state index contributed by atoms with van der Waals surface area (Å²) < 4.78 is 2.10. The summed E-state index contributed by atoms with van der Waals surface area (Å²) in [7, 11) is 0. The fourth-order valence-electron chi connectivity index (χ4n) is 9.83. The SMILES string of the molecule is O=C1CCC(N2C(=O)c3ccc(N4CCC(CCN5CCN(c6ccc(Nc7ncnc8c7ncn8C7CC(NC(=O)Cc8ccccc8)C7)cc6)CC5)CC4)cc3C2=O)C(=O)N1. The Morgan fingerprint density at radius 1 is 0.762 bits per heavy atom. The summed E-state index contributed by atoms with van der Waals surface area (Å²) in [5.74, 6) is -0.593. The van der Waals surface area contributed by atoms with Crippen LogP contribution in [0.5, 0.6) is 0 Å². The number of hydrogen-bond acceptors (Lipinski definition) is 12. The number of piperazine rings is 1. The fourth-order valence-corrected chi connectivity index (χ4v) is 9.83. The van der Waals surface area contributed by atoms with E-state index in [1.807, 2.05) is 42.7 Å². The van der Waals surface area contributed by atoms with Gasteiger partial charge in [-0.15, -0.1) is 0 Å². The summed E-state index contributed by atoms with van der Waals surface area (Å²) in [6, 6.07) is 23.1. The van der Waals surface area contributed by atoms with Crippen LogP contribution in [0.15, 0.2) is 85.5 Å². The topological polar surface area (TPSA) is 178 Å². The third-order valence-electron chi connectivity index (χ3n) is 13.6. The Morgan fingerprint density at radius 3 is 2.25 bits per heavy atom. The molecule has 5 amide bonds. The molecule has 2 aromatic heterocycles. The highest BCUT2D eigenvalue weighted by molar-refractivity contribution is 6.23. The molecule has 5 aliphatic rings. The number of imidazole rings is 1. The molecule has 3 N–H and O–H groups in total. The van der Waals surface area contributed by atoms with Crippen LogP contribution in [0.1, 0.15) is 77.3 Å². The second-order valence-electron chi connectivity index (χ2n) is 17.5. The predicted molar refractivity (Wildman–Crippen MR) is 237 cm³/mol. The molecular weight excluding hydrogens is 799 g/mol. The molecule has 3 saturated heterocycles. The van der Waals surface area contributed by atoms with E-state index in [0.717, 1.165) is 111 Å². The van der Waals surface area contributed by atoms with E-state index in [4.69, 9.17) is 0 Å². The Labute approximate surface area is 365 Å². The molecule has 1 aliphatic carbocycles. The lowest BCUT2D eigenvalue weighted by molar-refractivity contribution is -0.136. The largest absolute Gasteiger partial charge is 0.371 e. The smallest absolute Gasteiger partial charge is 0.262 e. The first-order chi connectivity index (χ1) is 30.7. The summed E-state index contributed by atoms with van der Waals surface area (Å²) >= 11 is 0. The molecule has 1 saturated carbocycles. The minimum absolute atomic E-state index is 0.0465. The monoisotopic (exact) mass is 849 g/mol. The van der Waals surface area contributed by atoms with Crippen LogP contribution in [-0.2, 0) is 20.8 Å². The van der Waals surface area contributed by atoms with Crippen LogP contribution in [0.2, 0.25) is 0 Å². The molecule has 10 rings (SSSR count). The highest BCUT2D eigenvalue weighted by Crippen LogP contribution is 2.36. The summed E-state index contributed by atoms with van der Waals surface area (Å²) in [5.41, 5.74) is 6.19. The first kappa shape index (κ1) is 40.4. The van der Waals surface area contributed by atoms with E-state index in [1.165, 1.54) is 5.69 Å². The summed E-state index contributed by atoms with van der Waals surface area (Å²) in [6.07, 6.45) is 8.98. The number of rotatable bonds is 12. The van der Waals surface area contributed by atoms with Gasteiger partial charge in [0.15, 0.2) is 17.0 Å². The predicted octanol–water partition coefficient (Wildman–Crippen LogP) is 4.46. The van der Waals surface area contributed by atoms with Gasteiger partial charge in [-0.05, 0) is 99.0 Å². The maximum Gasteiger partial charge on any atom is 0.262 e. The van der Waals surface area contributed by atoms with Crippen molar-refractivity contribution in [3.8, 4) is 0 Å². The zero-order valence-corrected chi connectivity index (χ0v) is 35.1. The maximum absolute atomic E-state index is 13.3. The van der Waals surface area contributed by atoms with Crippen LogP contribution in [0.4, 0.5) is 22.9 Å². The van der Waals surface area contributed by atoms with Gasteiger partial charge in [0.2, 0.25) is 17.7 Å². The van der Waals surface area contributed by atoms with Crippen LogP contribution in [0, 0.1) is 5.92 Å². The lowest BCUT2D eigenvalue weighted by atomic mass is 9.86. The Hall–Kier alpha value is -6.68. The van der Waals surface area contributed by atoms with Crippen molar-refractivity contribution in [2.75, 3.05) is 60.9 Å². The number of aromatic nitrogens is 4. The van der Waals surface area contributed by atoms with Crippen molar-refractivity contribution >= 4 is 63.6 Å². The van der Waals surface area contributed by atoms with Crippen molar-refractivity contribution in [3.63, 3.8) is 0 Å². The number of benzene rings is 3. The van der Waals surface area contributed by atoms with Crippen molar-refractivity contribution in [1.29, 1.82) is 0 Å². The Balaban J connectivity index is 0.658. The van der Waals surface area contributed by atoms with Crippen LogP contribution in [0.3, 0.4) is 0 Å². The molecule has 4 fully saturated rings. The highest BCUT2D eigenvalue weighted by Gasteiger charge is 2.45. The number of imide groups is 2. The highest BCUT2D eigenvalue weighted by atomic mass is 16.2. The average Bonchev–Trinajstić information content (AvgIpc) is 3.83. The van der Waals surface area contributed by atoms with Gasteiger partial charge >= 0.3 is 0 Å². The number of anilines is 4. The third kappa shape index (κ3) is 8.34. The van der Waals surface area contributed by atoms with Crippen molar-refractivity contribution < 1.29 is 24.0 Å². The molecule has 4 aliphatic heterocycles. The normalized spacial score (nSPS) is 22.0. The van der Waals surface area contributed by atoms with Crippen molar-refractivity contribution in [3.05, 3.63) is 102 Å². The number of amides is 5. The number of nitrogens with zero attached hydrogens (tertiary/aromatic N) is 8. The van der Waals surface area contributed by atoms with Gasteiger partial charge in [0.25, 0.3) is 11.8 Å². The standard InChI is InChI=1S/C47H51N11O5/c59-40-13-12-39(45(61)53-40)58-46(62)37-11-10-35(27-38(37)47(58)63)55-18-15-30(16-19-55)14-17-54-20-22-56(23-21-54)34-8-6-32(7-9-34)52-43-42-44(49-28-48-43)57(29-50-42)36-25-33(26-36)51-41(60)24-31-4-2-1-3-5-31/h1-11,27-30,33,36,39H,12-26H2,(H,51,60)(H,48,49,52)(H,53,59,61). The number of carbonyl (C=O) groups excluding carboxylic acids is 5. The average molecular weight is 850 g/mol. The minimum atomic E-state index is -0.962. The number of fused-ring (bicyclic) bond motifs is 2. The number of nitrogens with one attached hydrogen (secondary N) is 3. The molecule has 16 heteroatoms. The minimum Gasteiger partial charge on any atom is -0.371 e. The van der Waals surface area contributed by atoms with Gasteiger partial charge in [-0.3, -0.25) is 39.1 Å². The molecular formula is C47H51N11O5. The Kier molecular flexibility index (Phi) is 11.1. The van der Waals surface area contributed by atoms with Crippen LogP contribution in [0.25, 0.3) is 11.2 Å². The molecule has 6 heterocycles. The summed E-state index contributed by atoms with van der Waals surface area (Å²) in [5, 5.41) is 8.88. The zero-order chi connectivity index (χ0) is 43.0. The van der Waals surface area contributed by atoms with E-state index in [-0.39, 0.29) is 36.7 Å². The van der Waals surface area contributed by atoms with E-state index in [0.29, 0.717) is 29.3 Å². The van der Waals surface area contributed by atoms with Crippen LogP contribution >= 0.6 is 0 Å². The quantitative estimate of drug-likeness (QED) is 0.151. The maximum atomic E-state index is 13.3. The lowest BCUT2D eigenvalue weighted by Crippen LogP contribution is -2.54. The molecule has 3 aromatic carbocycles. The molecule has 16 nitrogen and oxygen atoms in total. The van der Waals surface area contributed by atoms with Crippen LogP contribution < -0.4 is 25.8 Å². The van der Waals surface area contributed by atoms with Gasteiger partial charge in [-0.1, -0.05) is 30.3 Å². The van der Waals surface area contributed by atoms with Crippen molar-refractivity contribution in [2.24, 2.45) is 5.92 Å².